The average molecular weight is 293 g/mol. The Labute approximate surface area is 123 Å². The molecule has 2 atom stereocenters. The van der Waals surface area contributed by atoms with E-state index in [0.29, 0.717) is 18.8 Å². The molecule has 0 aromatic heterocycles. The quantitative estimate of drug-likeness (QED) is 0.903. The van der Waals surface area contributed by atoms with E-state index in [1.165, 1.54) is 5.56 Å². The van der Waals surface area contributed by atoms with Gasteiger partial charge in [-0.15, -0.1) is 11.8 Å². The van der Waals surface area contributed by atoms with Crippen molar-refractivity contribution < 1.29 is 14.7 Å². The smallest absolute Gasteiger partial charge is 0.308 e. The summed E-state index contributed by atoms with van der Waals surface area (Å²) >= 11 is 1.57. The van der Waals surface area contributed by atoms with Crippen molar-refractivity contribution in [2.45, 2.75) is 12.7 Å². The predicted octanol–water partition coefficient (Wildman–Crippen LogP) is 2.10. The van der Waals surface area contributed by atoms with Gasteiger partial charge >= 0.3 is 5.97 Å². The van der Waals surface area contributed by atoms with E-state index < -0.39 is 11.9 Å². The molecule has 1 amide bonds. The molecule has 2 rings (SSSR count). The lowest BCUT2D eigenvalue weighted by atomic mass is 9.99. The Balaban J connectivity index is 1.77. The lowest BCUT2D eigenvalue weighted by Gasteiger charge is -2.15. The summed E-state index contributed by atoms with van der Waals surface area (Å²) in [7, 11) is 0. The Kier molecular flexibility index (Phi) is 5.06. The molecule has 0 radical (unpaired) electrons. The molecule has 1 aliphatic rings. The number of amides is 1. The van der Waals surface area contributed by atoms with E-state index in [0.717, 1.165) is 5.75 Å². The second-order valence-corrected chi connectivity index (χ2v) is 6.18. The molecular weight excluding hydrogens is 274 g/mol. The van der Waals surface area contributed by atoms with Crippen LogP contribution in [0.1, 0.15) is 12.5 Å². The summed E-state index contributed by atoms with van der Waals surface area (Å²) in [4.78, 5) is 24.8. The molecule has 0 saturated carbocycles. The van der Waals surface area contributed by atoms with E-state index >= 15 is 0 Å². The number of benzene rings is 1. The Bertz CT molecular complexity index is 477. The number of carbonyl (C=O) groups is 2. The number of hydrogen-bond acceptors (Lipinski definition) is 3. The van der Waals surface area contributed by atoms with Crippen molar-refractivity contribution >= 4 is 23.6 Å². The zero-order valence-electron chi connectivity index (χ0n) is 11.5. The standard InChI is InChI=1S/C15H19NO3S/c1-11-7-16(8-13(11)15(18)19)14(17)10-20-9-12-5-3-2-4-6-12/h2-6,11,13H,7-10H2,1H3,(H,18,19)/t11-,13-/m1/s1. The molecule has 1 aliphatic heterocycles. The summed E-state index contributed by atoms with van der Waals surface area (Å²) in [6, 6.07) is 10.0. The molecule has 1 heterocycles. The lowest BCUT2D eigenvalue weighted by Crippen LogP contribution is -2.31. The SMILES string of the molecule is C[C@@H]1CN(C(=O)CSCc2ccccc2)C[C@H]1C(=O)O. The van der Waals surface area contributed by atoms with Crippen LogP contribution in [-0.4, -0.2) is 40.7 Å². The summed E-state index contributed by atoms with van der Waals surface area (Å²) in [5, 5.41) is 9.06. The van der Waals surface area contributed by atoms with Crippen LogP contribution in [0.5, 0.6) is 0 Å². The average Bonchev–Trinajstić information content (AvgIpc) is 2.82. The number of aliphatic carboxylic acids is 1. The molecule has 1 fully saturated rings. The van der Waals surface area contributed by atoms with Gasteiger partial charge in [0.2, 0.25) is 5.91 Å². The molecule has 108 valence electrons. The molecule has 4 nitrogen and oxygen atoms in total. The first-order valence-electron chi connectivity index (χ1n) is 6.70. The zero-order valence-corrected chi connectivity index (χ0v) is 12.3. The van der Waals surface area contributed by atoms with Crippen LogP contribution in [0.2, 0.25) is 0 Å². The molecule has 1 aromatic carbocycles. The fraction of sp³-hybridized carbons (Fsp3) is 0.467. The van der Waals surface area contributed by atoms with Crippen LogP contribution >= 0.6 is 11.8 Å². The molecule has 1 saturated heterocycles. The fourth-order valence-corrected chi connectivity index (χ4v) is 3.30. The second-order valence-electron chi connectivity index (χ2n) is 5.20. The monoisotopic (exact) mass is 293 g/mol. The van der Waals surface area contributed by atoms with E-state index in [-0.39, 0.29) is 11.8 Å². The highest BCUT2D eigenvalue weighted by atomic mass is 32.2. The van der Waals surface area contributed by atoms with Gasteiger partial charge in [-0.2, -0.15) is 0 Å². The van der Waals surface area contributed by atoms with Gasteiger partial charge < -0.3 is 10.0 Å². The fourth-order valence-electron chi connectivity index (χ4n) is 2.41. The molecule has 0 bridgehead atoms. The number of carbonyl (C=O) groups excluding carboxylic acids is 1. The molecule has 20 heavy (non-hydrogen) atoms. The highest BCUT2D eigenvalue weighted by Gasteiger charge is 2.36. The van der Waals surface area contributed by atoms with Crippen LogP contribution in [-0.2, 0) is 15.3 Å². The summed E-state index contributed by atoms with van der Waals surface area (Å²) in [5.41, 5.74) is 1.20. The van der Waals surface area contributed by atoms with Crippen LogP contribution in [0.3, 0.4) is 0 Å². The first kappa shape index (κ1) is 14.9. The van der Waals surface area contributed by atoms with E-state index in [4.69, 9.17) is 5.11 Å². The van der Waals surface area contributed by atoms with E-state index in [1.54, 1.807) is 16.7 Å². The van der Waals surface area contributed by atoms with Gasteiger partial charge in [0.05, 0.1) is 11.7 Å². The van der Waals surface area contributed by atoms with Gasteiger partial charge in [0.1, 0.15) is 0 Å². The minimum Gasteiger partial charge on any atom is -0.481 e. The van der Waals surface area contributed by atoms with Crippen molar-refractivity contribution in [2.75, 3.05) is 18.8 Å². The van der Waals surface area contributed by atoms with Gasteiger partial charge in [-0.25, -0.2) is 0 Å². The Morgan fingerprint density at radius 3 is 2.60 bits per heavy atom. The molecule has 1 aromatic rings. The second kappa shape index (κ2) is 6.79. The topological polar surface area (TPSA) is 57.6 Å². The first-order valence-corrected chi connectivity index (χ1v) is 7.85. The molecule has 0 aliphatic carbocycles. The molecule has 0 spiro atoms. The zero-order chi connectivity index (χ0) is 14.5. The third-order valence-electron chi connectivity index (χ3n) is 3.62. The minimum absolute atomic E-state index is 0.0376. The normalized spacial score (nSPS) is 21.9. The highest BCUT2D eigenvalue weighted by Crippen LogP contribution is 2.24. The van der Waals surface area contributed by atoms with Crippen molar-refractivity contribution in [2.24, 2.45) is 11.8 Å². The molecule has 5 heteroatoms. The summed E-state index contributed by atoms with van der Waals surface area (Å²) in [5.74, 6) is 0.0756. The van der Waals surface area contributed by atoms with Crippen LogP contribution in [0.25, 0.3) is 0 Å². The number of nitrogens with zero attached hydrogens (tertiary/aromatic N) is 1. The van der Waals surface area contributed by atoms with E-state index in [9.17, 15) is 9.59 Å². The van der Waals surface area contributed by atoms with Crippen LogP contribution < -0.4 is 0 Å². The van der Waals surface area contributed by atoms with Crippen LogP contribution in [0.15, 0.2) is 30.3 Å². The maximum Gasteiger partial charge on any atom is 0.308 e. The Hall–Kier alpha value is -1.49. The summed E-state index contributed by atoms with van der Waals surface area (Å²) in [6.45, 7) is 2.80. The van der Waals surface area contributed by atoms with Crippen LogP contribution in [0, 0.1) is 11.8 Å². The maximum atomic E-state index is 12.1. The van der Waals surface area contributed by atoms with Crippen molar-refractivity contribution in [3.05, 3.63) is 35.9 Å². The number of likely N-dealkylation sites (tertiary alicyclic amines) is 1. The maximum absolute atomic E-state index is 12.1. The van der Waals surface area contributed by atoms with Crippen molar-refractivity contribution in [3.63, 3.8) is 0 Å². The number of hydrogen-bond donors (Lipinski definition) is 1. The van der Waals surface area contributed by atoms with Gasteiger partial charge in [-0.3, -0.25) is 9.59 Å². The van der Waals surface area contributed by atoms with Gasteiger partial charge in [0.25, 0.3) is 0 Å². The highest BCUT2D eigenvalue weighted by molar-refractivity contribution is 7.99. The largest absolute Gasteiger partial charge is 0.481 e. The van der Waals surface area contributed by atoms with Crippen LogP contribution in [0.4, 0.5) is 0 Å². The number of thioether (sulfide) groups is 1. The predicted molar refractivity (Wildman–Crippen MR) is 79.5 cm³/mol. The van der Waals surface area contributed by atoms with Gasteiger partial charge in [0, 0.05) is 18.8 Å². The first-order chi connectivity index (χ1) is 9.58. The number of carboxylic acids is 1. The summed E-state index contributed by atoms with van der Waals surface area (Å²) in [6.07, 6.45) is 0. The molecule has 0 unspecified atom stereocenters. The Morgan fingerprint density at radius 2 is 2.00 bits per heavy atom. The van der Waals surface area contributed by atoms with Gasteiger partial charge in [0.15, 0.2) is 0 Å². The number of rotatable bonds is 5. The van der Waals surface area contributed by atoms with E-state index in [1.807, 2.05) is 37.3 Å². The molecule has 1 N–H and O–H groups in total. The minimum atomic E-state index is -0.801. The lowest BCUT2D eigenvalue weighted by molar-refractivity contribution is -0.142. The van der Waals surface area contributed by atoms with E-state index in [2.05, 4.69) is 0 Å². The molecular formula is C15H19NO3S. The van der Waals surface area contributed by atoms with Crippen molar-refractivity contribution in [3.8, 4) is 0 Å². The Morgan fingerprint density at radius 1 is 1.30 bits per heavy atom. The van der Waals surface area contributed by atoms with Gasteiger partial charge in [-0.05, 0) is 11.5 Å². The summed E-state index contributed by atoms with van der Waals surface area (Å²) < 4.78 is 0. The van der Waals surface area contributed by atoms with Gasteiger partial charge in [-0.1, -0.05) is 37.3 Å². The number of carboxylic acid groups (broad SMARTS) is 1. The third kappa shape index (κ3) is 3.76. The third-order valence-corrected chi connectivity index (χ3v) is 4.61. The van der Waals surface area contributed by atoms with Crippen molar-refractivity contribution in [1.82, 2.24) is 4.90 Å². The van der Waals surface area contributed by atoms with Crippen molar-refractivity contribution in [1.29, 1.82) is 0 Å².